The van der Waals surface area contributed by atoms with Crippen molar-refractivity contribution in [1.82, 2.24) is 0 Å². The van der Waals surface area contributed by atoms with Gasteiger partial charge in [0.1, 0.15) is 0 Å². The molecular formula is C12H13BrO2. The van der Waals surface area contributed by atoms with Gasteiger partial charge < -0.3 is 5.11 Å². The first-order valence-electron chi connectivity index (χ1n) is 5.19. The fourth-order valence-electron chi connectivity index (χ4n) is 2.11. The van der Waals surface area contributed by atoms with Crippen molar-refractivity contribution in [2.75, 3.05) is 0 Å². The van der Waals surface area contributed by atoms with E-state index in [-0.39, 0.29) is 6.42 Å². The highest BCUT2D eigenvalue weighted by molar-refractivity contribution is 9.10. The van der Waals surface area contributed by atoms with Crippen LogP contribution in [0.2, 0.25) is 0 Å². The van der Waals surface area contributed by atoms with Gasteiger partial charge in [-0.15, -0.1) is 0 Å². The molecule has 1 aliphatic rings. The van der Waals surface area contributed by atoms with Crippen LogP contribution in [0.3, 0.4) is 0 Å². The summed E-state index contributed by atoms with van der Waals surface area (Å²) in [4.78, 5) is 10.5. The zero-order chi connectivity index (χ0) is 10.8. The number of benzene rings is 1. The van der Waals surface area contributed by atoms with E-state index in [0.29, 0.717) is 6.42 Å². The molecule has 1 N–H and O–H groups in total. The van der Waals surface area contributed by atoms with Gasteiger partial charge in [-0.3, -0.25) is 4.79 Å². The molecule has 0 aromatic heterocycles. The van der Waals surface area contributed by atoms with E-state index >= 15 is 0 Å². The highest BCUT2D eigenvalue weighted by atomic mass is 79.9. The monoisotopic (exact) mass is 268 g/mol. The first kappa shape index (κ1) is 10.7. The van der Waals surface area contributed by atoms with Crippen molar-refractivity contribution in [3.05, 3.63) is 33.3 Å². The van der Waals surface area contributed by atoms with Crippen LogP contribution in [-0.2, 0) is 24.1 Å². The molecule has 0 radical (unpaired) electrons. The smallest absolute Gasteiger partial charge is 0.303 e. The van der Waals surface area contributed by atoms with Gasteiger partial charge in [0.05, 0.1) is 0 Å². The number of carboxylic acid groups (broad SMARTS) is 1. The average Bonchev–Trinajstić information content (AvgIpc) is 2.63. The van der Waals surface area contributed by atoms with Crippen LogP contribution in [0, 0.1) is 0 Å². The first-order chi connectivity index (χ1) is 7.16. The Morgan fingerprint density at radius 3 is 2.93 bits per heavy atom. The lowest BCUT2D eigenvalue weighted by Crippen LogP contribution is -1.98. The van der Waals surface area contributed by atoms with Gasteiger partial charge in [-0.05, 0) is 48.4 Å². The number of halogens is 1. The van der Waals surface area contributed by atoms with Gasteiger partial charge in [-0.1, -0.05) is 22.0 Å². The topological polar surface area (TPSA) is 37.3 Å². The number of hydrogen-bond donors (Lipinski definition) is 1. The quantitative estimate of drug-likeness (QED) is 0.916. The predicted octanol–water partition coefficient (Wildman–Crippen LogP) is 2.96. The molecule has 1 aromatic rings. The third kappa shape index (κ3) is 2.40. The van der Waals surface area contributed by atoms with E-state index in [1.54, 1.807) is 0 Å². The fourth-order valence-corrected chi connectivity index (χ4v) is 2.86. The molecule has 0 spiro atoms. The molecule has 0 saturated heterocycles. The van der Waals surface area contributed by atoms with Gasteiger partial charge in [0.15, 0.2) is 0 Å². The maximum absolute atomic E-state index is 10.5. The molecule has 2 rings (SSSR count). The summed E-state index contributed by atoms with van der Waals surface area (Å²) in [6.07, 6.45) is 4.34. The van der Waals surface area contributed by atoms with Crippen molar-refractivity contribution in [3.8, 4) is 0 Å². The average molecular weight is 269 g/mol. The first-order valence-corrected chi connectivity index (χ1v) is 5.98. The van der Waals surface area contributed by atoms with Crippen LogP contribution in [0.1, 0.15) is 29.5 Å². The molecule has 0 fully saturated rings. The van der Waals surface area contributed by atoms with E-state index in [2.05, 4.69) is 28.1 Å². The third-order valence-corrected chi connectivity index (χ3v) is 3.56. The van der Waals surface area contributed by atoms with Crippen LogP contribution < -0.4 is 0 Å². The van der Waals surface area contributed by atoms with Crippen molar-refractivity contribution in [2.45, 2.75) is 32.1 Å². The van der Waals surface area contributed by atoms with Gasteiger partial charge in [0.2, 0.25) is 0 Å². The summed E-state index contributed by atoms with van der Waals surface area (Å²) in [6.45, 7) is 0. The van der Waals surface area contributed by atoms with E-state index in [4.69, 9.17) is 5.11 Å². The summed E-state index contributed by atoms with van der Waals surface area (Å²) in [5, 5.41) is 8.63. The van der Waals surface area contributed by atoms with E-state index in [9.17, 15) is 4.79 Å². The van der Waals surface area contributed by atoms with Crippen molar-refractivity contribution in [1.29, 1.82) is 0 Å². The molecule has 0 unspecified atom stereocenters. The zero-order valence-corrected chi connectivity index (χ0v) is 10.0. The second kappa shape index (κ2) is 4.35. The second-order valence-electron chi connectivity index (χ2n) is 3.96. The minimum Gasteiger partial charge on any atom is -0.481 e. The fraction of sp³-hybridized carbons (Fsp3) is 0.417. The summed E-state index contributed by atoms with van der Waals surface area (Å²) < 4.78 is 1.15. The normalized spacial score (nSPS) is 13.9. The zero-order valence-electron chi connectivity index (χ0n) is 8.42. The molecule has 3 heteroatoms. The van der Waals surface area contributed by atoms with Crippen LogP contribution in [-0.4, -0.2) is 11.1 Å². The Morgan fingerprint density at radius 1 is 1.40 bits per heavy atom. The number of aliphatic carboxylic acids is 1. The van der Waals surface area contributed by atoms with Gasteiger partial charge in [-0.2, -0.15) is 0 Å². The van der Waals surface area contributed by atoms with Gasteiger partial charge >= 0.3 is 5.97 Å². The van der Waals surface area contributed by atoms with Crippen LogP contribution in [0.15, 0.2) is 16.6 Å². The maximum Gasteiger partial charge on any atom is 0.303 e. The third-order valence-electron chi connectivity index (χ3n) is 2.85. The van der Waals surface area contributed by atoms with Crippen LogP contribution in [0.5, 0.6) is 0 Å². The van der Waals surface area contributed by atoms with Crippen LogP contribution in [0.4, 0.5) is 0 Å². The van der Waals surface area contributed by atoms with E-state index < -0.39 is 5.97 Å². The summed E-state index contributed by atoms with van der Waals surface area (Å²) in [6, 6.07) is 4.23. The Balaban J connectivity index is 2.20. The number of carbonyl (C=O) groups is 1. The minimum atomic E-state index is -0.730. The van der Waals surface area contributed by atoms with Crippen molar-refractivity contribution in [2.24, 2.45) is 0 Å². The number of carboxylic acids is 1. The lowest BCUT2D eigenvalue weighted by molar-refractivity contribution is -0.136. The number of hydrogen-bond acceptors (Lipinski definition) is 1. The number of aryl methyl sites for hydroxylation is 2. The highest BCUT2D eigenvalue weighted by Gasteiger charge is 2.15. The Hall–Kier alpha value is -0.830. The Labute approximate surface area is 97.4 Å². The Morgan fingerprint density at radius 2 is 2.20 bits per heavy atom. The van der Waals surface area contributed by atoms with Crippen molar-refractivity contribution >= 4 is 21.9 Å². The molecule has 1 aromatic carbocycles. The molecule has 0 amide bonds. The minimum absolute atomic E-state index is 0.214. The van der Waals surface area contributed by atoms with E-state index in [0.717, 1.165) is 22.9 Å². The largest absolute Gasteiger partial charge is 0.481 e. The number of rotatable bonds is 3. The summed E-state index contributed by atoms with van der Waals surface area (Å²) in [5.74, 6) is -0.730. The van der Waals surface area contributed by atoms with Crippen molar-refractivity contribution < 1.29 is 9.90 Å². The molecule has 80 valence electrons. The second-order valence-corrected chi connectivity index (χ2v) is 4.82. The molecule has 0 saturated carbocycles. The van der Waals surface area contributed by atoms with E-state index in [1.165, 1.54) is 17.5 Å². The van der Waals surface area contributed by atoms with Crippen molar-refractivity contribution in [3.63, 3.8) is 0 Å². The molecular weight excluding hydrogens is 256 g/mol. The standard InChI is InChI=1S/C12H13BrO2/c13-11-7-8(4-5-12(14)15)6-9-2-1-3-10(9)11/h6-7H,1-5H2,(H,14,15). The molecule has 15 heavy (non-hydrogen) atoms. The summed E-state index contributed by atoms with van der Waals surface area (Å²) in [7, 11) is 0. The van der Waals surface area contributed by atoms with E-state index in [1.807, 2.05) is 0 Å². The van der Waals surface area contributed by atoms with Gasteiger partial charge in [0, 0.05) is 10.9 Å². The molecule has 0 aliphatic heterocycles. The van der Waals surface area contributed by atoms with Gasteiger partial charge in [0.25, 0.3) is 0 Å². The predicted molar refractivity (Wildman–Crippen MR) is 62.1 cm³/mol. The molecule has 0 bridgehead atoms. The van der Waals surface area contributed by atoms with Crippen LogP contribution in [0.25, 0.3) is 0 Å². The highest BCUT2D eigenvalue weighted by Crippen LogP contribution is 2.30. The summed E-state index contributed by atoms with van der Waals surface area (Å²) in [5.41, 5.74) is 3.93. The lowest BCUT2D eigenvalue weighted by Gasteiger charge is -2.06. The lowest BCUT2D eigenvalue weighted by atomic mass is 10.0. The van der Waals surface area contributed by atoms with Crippen LogP contribution >= 0.6 is 15.9 Å². The SMILES string of the molecule is O=C(O)CCc1cc(Br)c2c(c1)CCC2. The number of fused-ring (bicyclic) bond motifs is 1. The molecule has 2 nitrogen and oxygen atoms in total. The maximum atomic E-state index is 10.5. The molecule has 1 aliphatic carbocycles. The molecule has 0 atom stereocenters. The Bertz CT molecular complexity index is 399. The summed E-state index contributed by atoms with van der Waals surface area (Å²) >= 11 is 3.56. The molecule has 0 heterocycles. The van der Waals surface area contributed by atoms with Gasteiger partial charge in [-0.25, -0.2) is 0 Å². The Kier molecular flexibility index (Phi) is 3.10.